The van der Waals surface area contributed by atoms with Crippen LogP contribution in [0.5, 0.6) is 0 Å². The summed E-state index contributed by atoms with van der Waals surface area (Å²) < 4.78 is 5.38. The second-order valence-corrected chi connectivity index (χ2v) is 8.27. The summed E-state index contributed by atoms with van der Waals surface area (Å²) in [7, 11) is 0. The zero-order valence-electron chi connectivity index (χ0n) is 16.0. The maximum absolute atomic E-state index is 12.3. The SMILES string of the molecule is CCC(CC)C1=NOC2C(C(=O)O)CC(C)(NC(=O)OC(C)(C)C)C12. The summed E-state index contributed by atoms with van der Waals surface area (Å²) in [6.07, 6.45) is 0.976. The summed E-state index contributed by atoms with van der Waals surface area (Å²) in [6, 6.07) is 0. The Bertz CT molecular complexity index is 564. The number of hydrogen-bond acceptors (Lipinski definition) is 5. The van der Waals surface area contributed by atoms with Crippen molar-refractivity contribution in [2.24, 2.45) is 22.9 Å². The molecule has 0 bridgehead atoms. The van der Waals surface area contributed by atoms with Gasteiger partial charge in [-0.2, -0.15) is 0 Å². The number of fused-ring (bicyclic) bond motifs is 1. The van der Waals surface area contributed by atoms with Crippen LogP contribution in [0.15, 0.2) is 5.16 Å². The highest BCUT2D eigenvalue weighted by Gasteiger charge is 2.61. The lowest BCUT2D eigenvalue weighted by Gasteiger charge is -2.34. The first-order valence-corrected chi connectivity index (χ1v) is 9.00. The molecular weight excluding hydrogens is 324 g/mol. The Balaban J connectivity index is 2.29. The van der Waals surface area contributed by atoms with Gasteiger partial charge < -0.3 is 20.0 Å². The van der Waals surface area contributed by atoms with Gasteiger partial charge in [-0.15, -0.1) is 0 Å². The molecule has 0 radical (unpaired) electrons. The summed E-state index contributed by atoms with van der Waals surface area (Å²) >= 11 is 0. The van der Waals surface area contributed by atoms with Crippen LogP contribution in [0.3, 0.4) is 0 Å². The van der Waals surface area contributed by atoms with Crippen molar-refractivity contribution in [2.75, 3.05) is 0 Å². The number of carboxylic acids is 1. The summed E-state index contributed by atoms with van der Waals surface area (Å²) in [5.74, 6) is -1.68. The number of nitrogens with zero attached hydrogens (tertiary/aromatic N) is 1. The Morgan fingerprint density at radius 3 is 2.48 bits per heavy atom. The van der Waals surface area contributed by atoms with Crippen molar-refractivity contribution in [3.8, 4) is 0 Å². The molecule has 0 spiro atoms. The van der Waals surface area contributed by atoms with Crippen molar-refractivity contribution in [2.45, 2.75) is 78.0 Å². The van der Waals surface area contributed by atoms with Gasteiger partial charge in [-0.1, -0.05) is 19.0 Å². The highest BCUT2D eigenvalue weighted by atomic mass is 16.6. The maximum atomic E-state index is 12.3. The molecule has 0 saturated heterocycles. The van der Waals surface area contributed by atoms with Gasteiger partial charge in [0.15, 0.2) is 6.10 Å². The average molecular weight is 354 g/mol. The van der Waals surface area contributed by atoms with Crippen LogP contribution < -0.4 is 5.32 Å². The number of oxime groups is 1. The predicted octanol–water partition coefficient (Wildman–Crippen LogP) is 3.18. The van der Waals surface area contributed by atoms with Gasteiger partial charge >= 0.3 is 12.1 Å². The number of rotatable bonds is 5. The lowest BCUT2D eigenvalue weighted by Crippen LogP contribution is -2.54. The number of ether oxygens (including phenoxy) is 1. The normalized spacial score (nSPS) is 31.3. The van der Waals surface area contributed by atoms with Gasteiger partial charge in [0.05, 0.1) is 23.1 Å². The van der Waals surface area contributed by atoms with Gasteiger partial charge in [0.1, 0.15) is 5.60 Å². The van der Waals surface area contributed by atoms with Crippen molar-refractivity contribution >= 4 is 17.8 Å². The Labute approximate surface area is 149 Å². The van der Waals surface area contributed by atoms with E-state index in [-0.39, 0.29) is 18.3 Å². The van der Waals surface area contributed by atoms with E-state index in [0.29, 0.717) is 0 Å². The van der Waals surface area contributed by atoms with E-state index >= 15 is 0 Å². The number of carboxylic acid groups (broad SMARTS) is 1. The van der Waals surface area contributed by atoms with Gasteiger partial charge in [0.2, 0.25) is 0 Å². The molecule has 4 atom stereocenters. The molecule has 142 valence electrons. The van der Waals surface area contributed by atoms with E-state index in [1.807, 2.05) is 6.92 Å². The Kier molecular flexibility index (Phi) is 5.35. The molecule has 0 aromatic heterocycles. The first-order chi connectivity index (χ1) is 11.5. The van der Waals surface area contributed by atoms with Crippen LogP contribution in [-0.2, 0) is 14.4 Å². The molecule has 2 N–H and O–H groups in total. The van der Waals surface area contributed by atoms with E-state index in [9.17, 15) is 14.7 Å². The maximum Gasteiger partial charge on any atom is 0.408 e. The molecule has 4 unspecified atom stereocenters. The lowest BCUT2D eigenvalue weighted by molar-refractivity contribution is -0.146. The molecule has 25 heavy (non-hydrogen) atoms. The molecule has 1 saturated carbocycles. The molecule has 0 aromatic rings. The summed E-state index contributed by atoms with van der Waals surface area (Å²) in [5.41, 5.74) is -0.533. The average Bonchev–Trinajstić information content (AvgIpc) is 2.99. The van der Waals surface area contributed by atoms with Crippen LogP contribution in [0, 0.1) is 17.8 Å². The number of aliphatic carboxylic acids is 1. The summed E-state index contributed by atoms with van der Waals surface area (Å²) in [6.45, 7) is 11.4. The summed E-state index contributed by atoms with van der Waals surface area (Å²) in [4.78, 5) is 29.6. The third-order valence-corrected chi connectivity index (χ3v) is 5.16. The van der Waals surface area contributed by atoms with E-state index in [1.54, 1.807) is 20.8 Å². The minimum atomic E-state index is -0.925. The smallest absolute Gasteiger partial charge is 0.408 e. The number of hydrogen-bond donors (Lipinski definition) is 2. The Morgan fingerprint density at radius 1 is 1.40 bits per heavy atom. The monoisotopic (exact) mass is 354 g/mol. The standard InChI is InChI=1S/C18H30N2O5/c1-7-10(8-2)13-12-14(25-20-13)11(15(21)22)9-18(12,6)19-16(23)24-17(3,4)5/h10-12,14H,7-9H2,1-6H3,(H,19,23)(H,21,22). The predicted molar refractivity (Wildman–Crippen MR) is 93.4 cm³/mol. The molecule has 1 aliphatic heterocycles. The Morgan fingerprint density at radius 2 is 2.00 bits per heavy atom. The van der Waals surface area contributed by atoms with Crippen molar-refractivity contribution in [3.63, 3.8) is 0 Å². The molecule has 1 amide bonds. The molecule has 1 heterocycles. The zero-order valence-corrected chi connectivity index (χ0v) is 16.0. The van der Waals surface area contributed by atoms with E-state index in [0.717, 1.165) is 18.6 Å². The molecule has 2 aliphatic rings. The third kappa shape index (κ3) is 3.90. The lowest BCUT2D eigenvalue weighted by atomic mass is 9.78. The first kappa shape index (κ1) is 19.5. The molecule has 1 aliphatic carbocycles. The van der Waals surface area contributed by atoms with Crippen LogP contribution in [-0.4, -0.2) is 40.1 Å². The van der Waals surface area contributed by atoms with E-state index in [4.69, 9.17) is 9.57 Å². The van der Waals surface area contributed by atoms with Crippen LogP contribution >= 0.6 is 0 Å². The second-order valence-electron chi connectivity index (χ2n) is 8.27. The molecular formula is C18H30N2O5. The van der Waals surface area contributed by atoms with Gasteiger partial charge in [0, 0.05) is 5.92 Å². The van der Waals surface area contributed by atoms with Crippen LogP contribution in [0.25, 0.3) is 0 Å². The number of carbonyl (C=O) groups excluding carboxylic acids is 1. The number of carbonyl (C=O) groups is 2. The molecule has 7 heteroatoms. The second kappa shape index (κ2) is 6.84. The van der Waals surface area contributed by atoms with Crippen LogP contribution in [0.2, 0.25) is 0 Å². The fourth-order valence-corrected chi connectivity index (χ4v) is 4.03. The van der Waals surface area contributed by atoms with Crippen LogP contribution in [0.1, 0.15) is 60.8 Å². The quantitative estimate of drug-likeness (QED) is 0.790. The van der Waals surface area contributed by atoms with E-state index in [1.165, 1.54) is 0 Å². The van der Waals surface area contributed by atoms with Gasteiger partial charge in [0.25, 0.3) is 0 Å². The van der Waals surface area contributed by atoms with Crippen molar-refractivity contribution < 1.29 is 24.3 Å². The van der Waals surface area contributed by atoms with Crippen molar-refractivity contribution in [1.29, 1.82) is 0 Å². The topological polar surface area (TPSA) is 97.2 Å². The van der Waals surface area contributed by atoms with Gasteiger partial charge in [-0.05, 0) is 47.0 Å². The number of amides is 1. The van der Waals surface area contributed by atoms with Gasteiger partial charge in [-0.25, -0.2) is 4.79 Å². The molecule has 1 fully saturated rings. The molecule has 0 aromatic carbocycles. The van der Waals surface area contributed by atoms with Crippen LogP contribution in [0.4, 0.5) is 4.79 Å². The number of alkyl carbamates (subject to hydrolysis) is 1. The van der Waals surface area contributed by atoms with Crippen molar-refractivity contribution in [3.05, 3.63) is 0 Å². The van der Waals surface area contributed by atoms with Crippen molar-refractivity contribution in [1.82, 2.24) is 5.32 Å². The minimum absolute atomic E-state index is 0.210. The van der Waals surface area contributed by atoms with E-state index < -0.39 is 35.2 Å². The fraction of sp³-hybridized carbons (Fsp3) is 0.833. The van der Waals surface area contributed by atoms with E-state index in [2.05, 4.69) is 24.3 Å². The first-order valence-electron chi connectivity index (χ1n) is 9.00. The minimum Gasteiger partial charge on any atom is -0.481 e. The zero-order chi connectivity index (χ0) is 19.0. The summed E-state index contributed by atoms with van der Waals surface area (Å²) in [5, 5.41) is 16.7. The molecule has 2 rings (SSSR count). The largest absolute Gasteiger partial charge is 0.481 e. The fourth-order valence-electron chi connectivity index (χ4n) is 4.03. The van der Waals surface area contributed by atoms with Gasteiger partial charge in [-0.3, -0.25) is 4.79 Å². The highest BCUT2D eigenvalue weighted by Crippen LogP contribution is 2.47. The molecule has 7 nitrogen and oxygen atoms in total. The Hall–Kier alpha value is -1.79. The highest BCUT2D eigenvalue weighted by molar-refractivity contribution is 5.93. The number of nitrogens with one attached hydrogen (secondary N) is 1. The third-order valence-electron chi connectivity index (χ3n) is 5.16.